The van der Waals surface area contributed by atoms with Gasteiger partial charge in [0, 0.05) is 37.1 Å². The number of hydrogen-bond donors (Lipinski definition) is 0. The summed E-state index contributed by atoms with van der Waals surface area (Å²) >= 11 is 0. The van der Waals surface area contributed by atoms with E-state index in [0.29, 0.717) is 0 Å². The van der Waals surface area contributed by atoms with Gasteiger partial charge in [0.1, 0.15) is 23.2 Å². The van der Waals surface area contributed by atoms with Crippen molar-refractivity contribution < 1.29 is 4.42 Å². The lowest BCUT2D eigenvalue weighted by Crippen LogP contribution is -2.07. The Morgan fingerprint density at radius 1 is 0.825 bits per heavy atom. The maximum atomic E-state index is 5.96. The number of rotatable bonds is 4. The number of allylic oxidation sites excluding steroid dienone is 4. The Kier molecular flexibility index (Phi) is 5.25. The van der Waals surface area contributed by atoms with E-state index < -0.39 is 0 Å². The first-order valence-corrected chi connectivity index (χ1v) is 14.1. The summed E-state index contributed by atoms with van der Waals surface area (Å²) in [7, 11) is 2.92. The predicted molar refractivity (Wildman–Crippen MR) is 167 cm³/mol. The maximum Gasteiger partial charge on any atom is 0.153 e. The van der Waals surface area contributed by atoms with E-state index in [9.17, 15) is 0 Å². The molecule has 0 bridgehead atoms. The van der Waals surface area contributed by atoms with E-state index in [1.54, 1.807) is 0 Å². The SMILES string of the molecule is [SiH]=C(C1=CC=CCC1)c1coc2ccc(-n3c4ccccc4c4cc5cccc(-c6ccccc6)c5nc43)nc12. The summed E-state index contributed by atoms with van der Waals surface area (Å²) in [5, 5.41) is 4.52. The molecule has 0 fully saturated rings. The lowest BCUT2D eigenvalue weighted by Gasteiger charge is -2.12. The number of para-hydroxylation sites is 2. The third kappa shape index (κ3) is 3.55. The van der Waals surface area contributed by atoms with Gasteiger partial charge in [-0.25, -0.2) is 9.97 Å². The fourth-order valence-electron chi connectivity index (χ4n) is 5.87. The molecule has 4 heterocycles. The molecule has 0 atom stereocenters. The number of benzene rings is 3. The number of aromatic nitrogens is 3. The number of nitrogens with zero attached hydrogens (tertiary/aromatic N) is 3. The molecular formula is C35H24N3OSi. The van der Waals surface area contributed by atoms with Crippen molar-refractivity contribution in [3.05, 3.63) is 127 Å². The Morgan fingerprint density at radius 3 is 2.58 bits per heavy atom. The van der Waals surface area contributed by atoms with Crippen LogP contribution in [0.25, 0.3) is 60.9 Å². The Balaban J connectivity index is 1.39. The number of hydrogen-bond acceptors (Lipinski definition) is 3. The summed E-state index contributed by atoms with van der Waals surface area (Å²) in [6, 6.07) is 31.7. The number of pyridine rings is 2. The average molecular weight is 531 g/mol. The molecule has 3 aromatic carbocycles. The lowest BCUT2D eigenvalue weighted by molar-refractivity contribution is 0.614. The second-order valence-corrected chi connectivity index (χ2v) is 10.8. The van der Waals surface area contributed by atoms with E-state index in [-0.39, 0.29) is 0 Å². The van der Waals surface area contributed by atoms with Crippen molar-refractivity contribution in [1.82, 2.24) is 14.5 Å². The maximum absolute atomic E-state index is 5.96. The fourth-order valence-corrected chi connectivity index (χ4v) is 6.31. The fraction of sp³-hybridized carbons (Fsp3) is 0.0571. The van der Waals surface area contributed by atoms with Crippen LogP contribution >= 0.6 is 0 Å². The zero-order valence-electron chi connectivity index (χ0n) is 21.7. The Hall–Kier alpha value is -4.87. The van der Waals surface area contributed by atoms with E-state index in [4.69, 9.17) is 14.4 Å². The molecule has 8 rings (SSSR count). The van der Waals surface area contributed by atoms with Gasteiger partial charge in [0.05, 0.1) is 11.0 Å². The summed E-state index contributed by atoms with van der Waals surface area (Å²) in [6.45, 7) is 0. The predicted octanol–water partition coefficient (Wildman–Crippen LogP) is 7.84. The average Bonchev–Trinajstić information content (AvgIpc) is 3.58. The molecular weight excluding hydrogens is 506 g/mol. The molecule has 5 heteroatoms. The first kappa shape index (κ1) is 23.1. The number of fused-ring (bicyclic) bond motifs is 5. The highest BCUT2D eigenvalue weighted by atomic mass is 28.1. The van der Waals surface area contributed by atoms with Crippen LogP contribution in [-0.4, -0.2) is 29.6 Å². The normalized spacial score (nSPS) is 13.4. The number of furan rings is 1. The van der Waals surface area contributed by atoms with Gasteiger partial charge in [-0.15, -0.1) is 0 Å². The molecule has 1 radical (unpaired) electrons. The quantitative estimate of drug-likeness (QED) is 0.218. The molecule has 40 heavy (non-hydrogen) atoms. The van der Waals surface area contributed by atoms with E-state index in [2.05, 4.69) is 105 Å². The van der Waals surface area contributed by atoms with Crippen LogP contribution in [0.2, 0.25) is 0 Å². The van der Waals surface area contributed by atoms with E-state index in [0.717, 1.165) is 84.5 Å². The van der Waals surface area contributed by atoms with Crippen molar-refractivity contribution in [2.75, 3.05) is 0 Å². The molecule has 0 saturated carbocycles. The van der Waals surface area contributed by atoms with E-state index in [1.165, 1.54) is 5.57 Å². The molecule has 7 aromatic rings. The van der Waals surface area contributed by atoms with E-state index >= 15 is 0 Å². The van der Waals surface area contributed by atoms with Crippen LogP contribution in [0, 0.1) is 0 Å². The first-order chi connectivity index (χ1) is 19.8. The lowest BCUT2D eigenvalue weighted by atomic mass is 9.98. The molecule has 0 unspecified atom stereocenters. The van der Waals surface area contributed by atoms with Crippen molar-refractivity contribution >= 4 is 59.0 Å². The van der Waals surface area contributed by atoms with Crippen LogP contribution in [0.5, 0.6) is 0 Å². The van der Waals surface area contributed by atoms with Crippen LogP contribution in [-0.2, 0) is 0 Å². The van der Waals surface area contributed by atoms with Gasteiger partial charge in [-0.2, -0.15) is 0 Å². The molecule has 4 nitrogen and oxygen atoms in total. The van der Waals surface area contributed by atoms with Gasteiger partial charge in [-0.1, -0.05) is 85.0 Å². The molecule has 0 aliphatic heterocycles. The van der Waals surface area contributed by atoms with Crippen molar-refractivity contribution in [1.29, 1.82) is 0 Å². The molecule has 4 aromatic heterocycles. The molecule has 0 spiro atoms. The second kappa shape index (κ2) is 9.11. The van der Waals surface area contributed by atoms with Gasteiger partial charge in [-0.05, 0) is 53.4 Å². The van der Waals surface area contributed by atoms with Crippen molar-refractivity contribution in [3.8, 4) is 16.9 Å². The Morgan fingerprint density at radius 2 is 1.70 bits per heavy atom. The molecule has 0 amide bonds. The van der Waals surface area contributed by atoms with Gasteiger partial charge in [0.2, 0.25) is 0 Å². The largest absolute Gasteiger partial charge is 0.462 e. The minimum Gasteiger partial charge on any atom is -0.462 e. The Bertz CT molecular complexity index is 2180. The van der Waals surface area contributed by atoms with Gasteiger partial charge < -0.3 is 4.42 Å². The van der Waals surface area contributed by atoms with Crippen LogP contribution in [0.4, 0.5) is 0 Å². The summed E-state index contributed by atoms with van der Waals surface area (Å²) in [4.78, 5) is 10.5. The van der Waals surface area contributed by atoms with Crippen LogP contribution in [0.1, 0.15) is 18.4 Å². The van der Waals surface area contributed by atoms with Crippen LogP contribution in [0.15, 0.2) is 125 Å². The van der Waals surface area contributed by atoms with Crippen molar-refractivity contribution in [2.45, 2.75) is 12.8 Å². The minimum absolute atomic E-state index is 0.774. The standard InChI is InChI=1S/C35H24N3OSi/c40-34(23-12-5-2-6-13-23)28-21-39-30-18-19-31(36-33(28)30)38-29-17-8-7-15-26(29)27-20-24-14-9-16-25(32(24)37-35(27)38)22-10-3-1-4-11-22/h1-5,7-12,14-21,40H,6,13H2. The van der Waals surface area contributed by atoms with E-state index in [1.807, 2.05) is 24.5 Å². The third-order valence-electron chi connectivity index (χ3n) is 7.84. The topological polar surface area (TPSA) is 43.9 Å². The summed E-state index contributed by atoms with van der Waals surface area (Å²) < 4.78 is 8.15. The minimum atomic E-state index is 0.774. The van der Waals surface area contributed by atoms with Crippen molar-refractivity contribution in [2.24, 2.45) is 0 Å². The third-order valence-corrected chi connectivity index (χ3v) is 8.52. The second-order valence-electron chi connectivity index (χ2n) is 10.2. The monoisotopic (exact) mass is 530 g/mol. The van der Waals surface area contributed by atoms with Gasteiger partial charge >= 0.3 is 0 Å². The smallest absolute Gasteiger partial charge is 0.153 e. The molecule has 189 valence electrons. The van der Waals surface area contributed by atoms with Gasteiger partial charge in [-0.3, -0.25) is 4.57 Å². The van der Waals surface area contributed by atoms with Gasteiger partial charge in [0.15, 0.2) is 5.58 Å². The van der Waals surface area contributed by atoms with Crippen LogP contribution < -0.4 is 0 Å². The summed E-state index contributed by atoms with van der Waals surface area (Å²) in [5.74, 6) is 0.820. The molecule has 0 saturated heterocycles. The Labute approximate surface area is 234 Å². The first-order valence-electron chi connectivity index (χ1n) is 13.5. The van der Waals surface area contributed by atoms with Gasteiger partial charge in [0.25, 0.3) is 0 Å². The zero-order chi connectivity index (χ0) is 26.6. The highest BCUT2D eigenvalue weighted by Crippen LogP contribution is 2.36. The summed E-state index contributed by atoms with van der Waals surface area (Å²) in [5.41, 5.74) is 9.15. The zero-order valence-corrected chi connectivity index (χ0v) is 22.9. The van der Waals surface area contributed by atoms with Crippen molar-refractivity contribution in [3.63, 3.8) is 0 Å². The highest BCUT2D eigenvalue weighted by Gasteiger charge is 2.19. The molecule has 1 aliphatic carbocycles. The molecule has 1 aliphatic rings. The highest BCUT2D eigenvalue weighted by molar-refractivity contribution is 6.50. The molecule has 0 N–H and O–H groups in total. The summed E-state index contributed by atoms with van der Waals surface area (Å²) in [6.07, 6.45) is 10.4. The van der Waals surface area contributed by atoms with Crippen LogP contribution in [0.3, 0.4) is 0 Å².